The van der Waals surface area contributed by atoms with Crippen molar-refractivity contribution in [3.63, 3.8) is 0 Å². The molecule has 11 heteroatoms. The van der Waals surface area contributed by atoms with Gasteiger partial charge in [0.05, 0.1) is 36.2 Å². The second-order valence-electron chi connectivity index (χ2n) is 13.3. The molecule has 2 aliphatic heterocycles. The minimum Gasteiger partial charge on any atom is -0.392 e. The van der Waals surface area contributed by atoms with Gasteiger partial charge in [0.2, 0.25) is 5.78 Å². The Balaban J connectivity index is 2.14. The van der Waals surface area contributed by atoms with Gasteiger partial charge >= 0.3 is 0 Å². The fourth-order valence-corrected chi connectivity index (χ4v) is 6.54. The Bertz CT molecular complexity index is 1430. The van der Waals surface area contributed by atoms with Crippen LogP contribution in [-0.2, 0) is 24.0 Å². The highest BCUT2D eigenvalue weighted by atomic mass is 16.3. The van der Waals surface area contributed by atoms with E-state index < -0.39 is 118 Å². The summed E-state index contributed by atoms with van der Waals surface area (Å²) in [6, 6.07) is 0. The van der Waals surface area contributed by atoms with Gasteiger partial charge in [0.1, 0.15) is 5.92 Å². The second-order valence-corrected chi connectivity index (χ2v) is 13.3. The van der Waals surface area contributed by atoms with Crippen LogP contribution in [0.3, 0.4) is 0 Å². The lowest BCUT2D eigenvalue weighted by Crippen LogP contribution is -2.49. The number of carbonyl (C=O) groups excluding carboxylic acids is 5. The largest absolute Gasteiger partial charge is 0.392 e. The van der Waals surface area contributed by atoms with Gasteiger partial charge in [-0.3, -0.25) is 24.0 Å². The molecular formula is C35H47NO10. The van der Waals surface area contributed by atoms with Crippen molar-refractivity contribution in [2.45, 2.75) is 85.9 Å². The number of carbonyl (C=O) groups is 5. The summed E-state index contributed by atoms with van der Waals surface area (Å²) in [5.74, 6) is -10.3. The van der Waals surface area contributed by atoms with E-state index in [1.807, 2.05) is 0 Å². The summed E-state index contributed by atoms with van der Waals surface area (Å²) in [7, 11) is 0. The summed E-state index contributed by atoms with van der Waals surface area (Å²) in [6.07, 6.45) is 0.591. The van der Waals surface area contributed by atoms with Crippen LogP contribution in [0.25, 0.3) is 0 Å². The number of rotatable bonds is 0. The smallest absolute Gasteiger partial charge is 0.251 e. The van der Waals surface area contributed by atoms with E-state index in [9.17, 15) is 49.5 Å². The zero-order valence-electron chi connectivity index (χ0n) is 27.6. The van der Waals surface area contributed by atoms with E-state index in [-0.39, 0.29) is 11.1 Å². The summed E-state index contributed by atoms with van der Waals surface area (Å²) in [5, 5.41) is 57.6. The van der Waals surface area contributed by atoms with Gasteiger partial charge in [0, 0.05) is 58.3 Å². The van der Waals surface area contributed by atoms with Gasteiger partial charge in [0.15, 0.2) is 17.3 Å². The number of allylic oxidation sites excluding steroid dienone is 6. The standard InChI is InChI=1S/C35H47NO10/c1-14-10-9-11-15(2)35(46)36-22-13-23(37)24-25(32(43)21(8)33(44)26(24)34(22)45)29(40)17(4)12-16(3)28(39)19(6)31(42)20(7)30(41)18(5)27(14)38/h9-14,16,18-21,25,27-28,30-31,33,38-39,41-42,44H,1-8H3,(H,36,46)/b10-9+,15-11?,17-12?/t14-,16?,18+,19+,20+,21?,25?,27-,28-,30+,31+,33?/m0/s1. The highest BCUT2D eigenvalue weighted by molar-refractivity contribution is 6.30. The van der Waals surface area contributed by atoms with Gasteiger partial charge in [-0.25, -0.2) is 0 Å². The van der Waals surface area contributed by atoms with Crippen LogP contribution in [-0.4, -0.2) is 85.1 Å². The Labute approximate surface area is 269 Å². The predicted octanol–water partition coefficient (Wildman–Crippen LogP) is 1.29. The number of hydrogen-bond acceptors (Lipinski definition) is 10. The van der Waals surface area contributed by atoms with E-state index in [0.717, 1.165) is 6.08 Å². The molecule has 0 radical (unpaired) electrons. The maximum Gasteiger partial charge on any atom is 0.251 e. The topological polar surface area (TPSA) is 199 Å². The van der Waals surface area contributed by atoms with Crippen molar-refractivity contribution in [1.82, 2.24) is 5.32 Å². The Morgan fingerprint density at radius 2 is 1.20 bits per heavy atom. The van der Waals surface area contributed by atoms with E-state index in [1.54, 1.807) is 40.7 Å². The molecule has 2 aliphatic carbocycles. The van der Waals surface area contributed by atoms with E-state index in [4.69, 9.17) is 0 Å². The quantitative estimate of drug-likeness (QED) is 0.166. The molecule has 46 heavy (non-hydrogen) atoms. The lowest BCUT2D eigenvalue weighted by Gasteiger charge is -2.37. The van der Waals surface area contributed by atoms with Crippen molar-refractivity contribution in [3.8, 4) is 0 Å². The van der Waals surface area contributed by atoms with Crippen molar-refractivity contribution >= 4 is 29.0 Å². The fourth-order valence-electron chi connectivity index (χ4n) is 6.54. The third-order valence-electron chi connectivity index (χ3n) is 9.95. The van der Waals surface area contributed by atoms with Gasteiger partial charge in [0.25, 0.3) is 5.91 Å². The van der Waals surface area contributed by atoms with Crippen LogP contribution in [0.2, 0.25) is 0 Å². The maximum absolute atomic E-state index is 13.8. The first-order chi connectivity index (χ1) is 21.3. The second kappa shape index (κ2) is 14.6. The fraction of sp³-hybridized carbons (Fsp3) is 0.571. The molecule has 0 saturated heterocycles. The Morgan fingerprint density at radius 1 is 0.674 bits per heavy atom. The summed E-state index contributed by atoms with van der Waals surface area (Å²) in [6.45, 7) is 12.4. The molecule has 12 atom stereocenters. The zero-order chi connectivity index (χ0) is 34.9. The van der Waals surface area contributed by atoms with Crippen molar-refractivity contribution in [1.29, 1.82) is 0 Å². The third-order valence-corrected chi connectivity index (χ3v) is 9.95. The van der Waals surface area contributed by atoms with Crippen LogP contribution in [0.15, 0.2) is 58.4 Å². The van der Waals surface area contributed by atoms with E-state index in [2.05, 4.69) is 5.32 Å². The molecule has 0 spiro atoms. The van der Waals surface area contributed by atoms with Crippen LogP contribution in [0.4, 0.5) is 0 Å². The molecule has 4 bridgehead atoms. The van der Waals surface area contributed by atoms with Crippen LogP contribution >= 0.6 is 0 Å². The first-order valence-electron chi connectivity index (χ1n) is 15.7. The van der Waals surface area contributed by atoms with Crippen molar-refractivity contribution < 1.29 is 49.5 Å². The molecule has 4 rings (SSSR count). The van der Waals surface area contributed by atoms with Crippen LogP contribution in [0, 0.1) is 41.4 Å². The number of aliphatic hydroxyl groups is 5. The van der Waals surface area contributed by atoms with Gasteiger partial charge in [-0.15, -0.1) is 0 Å². The number of Topliss-reactive ketones (excluding diaryl/α,β-unsaturated/α-hetero) is 3. The maximum atomic E-state index is 13.8. The molecule has 2 heterocycles. The monoisotopic (exact) mass is 641 g/mol. The Kier molecular flexibility index (Phi) is 11.8. The highest BCUT2D eigenvalue weighted by Crippen LogP contribution is 2.38. The summed E-state index contributed by atoms with van der Waals surface area (Å²) < 4.78 is 0. The average Bonchev–Trinajstić information content (AvgIpc) is 3.02. The molecule has 11 nitrogen and oxygen atoms in total. The molecule has 0 aromatic heterocycles. The van der Waals surface area contributed by atoms with Crippen LogP contribution < -0.4 is 5.32 Å². The molecular weight excluding hydrogens is 594 g/mol. The number of hydrogen-bond donors (Lipinski definition) is 6. The molecule has 0 aromatic carbocycles. The van der Waals surface area contributed by atoms with Crippen molar-refractivity contribution in [2.75, 3.05) is 0 Å². The number of nitrogens with one attached hydrogen (secondary N) is 1. The Hall–Kier alpha value is -3.35. The molecule has 1 amide bonds. The minimum atomic E-state index is -1.68. The van der Waals surface area contributed by atoms with E-state index in [0.29, 0.717) is 0 Å². The molecule has 0 saturated carbocycles. The summed E-state index contributed by atoms with van der Waals surface area (Å²) in [4.78, 5) is 67.0. The molecule has 0 fully saturated rings. The SMILES string of the molecule is CC1=C/C=C/[C@H](C)[C@H](O)[C@@H](C)[C@@H](O)[C@@H](C)[C@H](O)[C@H](C)[C@@H](O)C(C)C=C(C)C(=O)C2C(=O)C(C)C(O)C3=C2C(=O)C=C(NC1=O)C3=O. The number of amides is 1. The molecule has 6 N–H and O–H groups in total. The average molecular weight is 642 g/mol. The summed E-state index contributed by atoms with van der Waals surface area (Å²) >= 11 is 0. The van der Waals surface area contributed by atoms with E-state index >= 15 is 0 Å². The van der Waals surface area contributed by atoms with Gasteiger partial charge in [-0.1, -0.05) is 65.8 Å². The normalized spacial score (nSPS) is 39.8. The van der Waals surface area contributed by atoms with Crippen molar-refractivity contribution in [2.24, 2.45) is 41.4 Å². The molecule has 252 valence electrons. The minimum absolute atomic E-state index is 0.0239. The Morgan fingerprint density at radius 3 is 1.76 bits per heavy atom. The zero-order valence-corrected chi connectivity index (χ0v) is 27.6. The number of ketones is 4. The van der Waals surface area contributed by atoms with Crippen LogP contribution in [0.5, 0.6) is 0 Å². The third kappa shape index (κ3) is 7.13. The summed E-state index contributed by atoms with van der Waals surface area (Å²) in [5.41, 5.74) is -1.10. The first kappa shape index (κ1) is 37.1. The predicted molar refractivity (Wildman–Crippen MR) is 168 cm³/mol. The first-order valence-corrected chi connectivity index (χ1v) is 15.7. The lowest BCUT2D eigenvalue weighted by atomic mass is 9.67. The molecule has 4 unspecified atom stereocenters. The van der Waals surface area contributed by atoms with Gasteiger partial charge in [-0.05, 0) is 19.4 Å². The number of fused-ring (bicyclic) bond motifs is 15. The lowest BCUT2D eigenvalue weighted by molar-refractivity contribution is -0.136. The van der Waals surface area contributed by atoms with Gasteiger partial charge < -0.3 is 30.8 Å². The highest BCUT2D eigenvalue weighted by Gasteiger charge is 2.50. The van der Waals surface area contributed by atoms with Gasteiger partial charge in [-0.2, -0.15) is 0 Å². The molecule has 0 aromatic rings. The van der Waals surface area contributed by atoms with Crippen molar-refractivity contribution in [3.05, 3.63) is 58.4 Å². The molecule has 4 aliphatic rings. The number of aliphatic hydroxyl groups excluding tert-OH is 5. The van der Waals surface area contributed by atoms with Crippen LogP contribution in [0.1, 0.15) is 55.4 Å². The van der Waals surface area contributed by atoms with E-state index in [1.165, 1.54) is 39.0 Å².